The van der Waals surface area contributed by atoms with E-state index in [2.05, 4.69) is 11.1 Å². The number of carboxylic acids is 1. The zero-order valence-corrected chi connectivity index (χ0v) is 16.5. The third kappa shape index (κ3) is 4.33. The molecule has 0 aliphatic heterocycles. The van der Waals surface area contributed by atoms with Crippen molar-refractivity contribution in [1.82, 2.24) is 4.98 Å². The number of halogens is 1. The van der Waals surface area contributed by atoms with Crippen molar-refractivity contribution in [2.24, 2.45) is 0 Å². The van der Waals surface area contributed by atoms with Gasteiger partial charge in [-0.3, -0.25) is 0 Å². The third-order valence-corrected chi connectivity index (χ3v) is 5.18. The second-order valence-electron chi connectivity index (χ2n) is 6.92. The minimum Gasteiger partial charge on any atom is -0.543 e. The number of aromatic carboxylic acids is 1. The molecule has 1 aromatic heterocycles. The lowest BCUT2D eigenvalue weighted by Gasteiger charge is -2.16. The number of hydrogen-bond acceptors (Lipinski definition) is 4. The monoisotopic (exact) mass is 404 g/mol. The molecule has 146 valence electrons. The molecule has 0 spiro atoms. The Kier molecular flexibility index (Phi) is 5.63. The van der Waals surface area contributed by atoms with Gasteiger partial charge in [0, 0.05) is 16.1 Å². The van der Waals surface area contributed by atoms with Crippen LogP contribution in [0.1, 0.15) is 29.8 Å². The Morgan fingerprint density at radius 3 is 2.62 bits per heavy atom. The third-order valence-electron chi connectivity index (χ3n) is 4.94. The lowest BCUT2D eigenvalue weighted by Crippen LogP contribution is -2.23. The molecule has 4 nitrogen and oxygen atoms in total. The van der Waals surface area contributed by atoms with Crippen molar-refractivity contribution in [2.45, 2.75) is 19.3 Å². The molecule has 0 unspecified atom stereocenters. The van der Waals surface area contributed by atoms with E-state index in [9.17, 15) is 9.90 Å². The smallest absolute Gasteiger partial charge is 0.127 e. The van der Waals surface area contributed by atoms with Crippen LogP contribution in [-0.4, -0.2) is 17.6 Å². The van der Waals surface area contributed by atoms with Gasteiger partial charge in [0.15, 0.2) is 0 Å². The predicted molar refractivity (Wildman–Crippen MR) is 112 cm³/mol. The molecule has 0 fully saturated rings. The van der Waals surface area contributed by atoms with Gasteiger partial charge in [0.25, 0.3) is 0 Å². The maximum absolute atomic E-state index is 11.2. The van der Waals surface area contributed by atoms with E-state index in [1.807, 2.05) is 36.4 Å². The molecule has 0 N–H and O–H groups in total. The molecule has 0 saturated carbocycles. The summed E-state index contributed by atoms with van der Waals surface area (Å²) in [4.78, 5) is 15.5. The molecule has 0 saturated heterocycles. The molecule has 1 heterocycles. The van der Waals surface area contributed by atoms with Gasteiger partial charge in [0.2, 0.25) is 0 Å². The number of aromatic nitrogens is 1. The molecule has 1 aliphatic rings. The van der Waals surface area contributed by atoms with Crippen molar-refractivity contribution in [3.8, 4) is 28.1 Å². The number of hydrogen-bond donors (Lipinski definition) is 0. The average molecular weight is 405 g/mol. The minimum atomic E-state index is -1.30. The highest BCUT2D eigenvalue weighted by atomic mass is 35.5. The van der Waals surface area contributed by atoms with E-state index in [0.29, 0.717) is 17.3 Å². The van der Waals surface area contributed by atoms with Gasteiger partial charge in [-0.2, -0.15) is 0 Å². The number of carbonyl (C=O) groups is 1. The highest BCUT2D eigenvalue weighted by Gasteiger charge is 2.15. The summed E-state index contributed by atoms with van der Waals surface area (Å²) in [5, 5.41) is 11.8. The zero-order chi connectivity index (χ0) is 20.2. The Hall–Kier alpha value is -3.11. The van der Waals surface area contributed by atoms with Crippen LogP contribution in [0.15, 0.2) is 72.3 Å². The van der Waals surface area contributed by atoms with Crippen LogP contribution in [0.4, 0.5) is 0 Å². The van der Waals surface area contributed by atoms with Crippen LogP contribution in [0, 0.1) is 0 Å². The zero-order valence-electron chi connectivity index (χ0n) is 15.7. The maximum atomic E-state index is 11.2. The number of allylic oxidation sites excluding steroid dienone is 1. The van der Waals surface area contributed by atoms with E-state index in [0.717, 1.165) is 35.3 Å². The lowest BCUT2D eigenvalue weighted by atomic mass is 9.96. The normalized spacial score (nSPS) is 13.2. The number of benzene rings is 2. The van der Waals surface area contributed by atoms with Crippen LogP contribution in [0.2, 0.25) is 5.02 Å². The Morgan fingerprint density at radius 2 is 1.86 bits per heavy atom. The van der Waals surface area contributed by atoms with Crippen molar-refractivity contribution in [1.29, 1.82) is 0 Å². The molecular weight excluding hydrogens is 386 g/mol. The summed E-state index contributed by atoms with van der Waals surface area (Å²) in [6, 6.07) is 18.1. The van der Waals surface area contributed by atoms with Gasteiger partial charge in [0.1, 0.15) is 12.4 Å². The minimum absolute atomic E-state index is 0.104. The molecule has 4 rings (SSSR count). The van der Waals surface area contributed by atoms with E-state index in [-0.39, 0.29) is 5.69 Å². The highest BCUT2D eigenvalue weighted by Crippen LogP contribution is 2.38. The first-order valence-corrected chi connectivity index (χ1v) is 9.88. The highest BCUT2D eigenvalue weighted by molar-refractivity contribution is 6.31. The van der Waals surface area contributed by atoms with Crippen LogP contribution in [0.3, 0.4) is 0 Å². The number of rotatable bonds is 6. The molecule has 1 aliphatic carbocycles. The van der Waals surface area contributed by atoms with Crippen molar-refractivity contribution >= 4 is 17.6 Å². The fourth-order valence-corrected chi connectivity index (χ4v) is 3.69. The van der Waals surface area contributed by atoms with Crippen molar-refractivity contribution in [3.05, 3.63) is 83.0 Å². The van der Waals surface area contributed by atoms with Gasteiger partial charge in [-0.05, 0) is 60.7 Å². The first kappa shape index (κ1) is 19.2. The predicted octanol–water partition coefficient (Wildman–Crippen LogP) is 4.92. The van der Waals surface area contributed by atoms with Gasteiger partial charge in [0.05, 0.1) is 17.4 Å². The van der Waals surface area contributed by atoms with Crippen molar-refractivity contribution < 1.29 is 14.6 Å². The number of ether oxygens (including phenoxy) is 1. The molecule has 0 amide bonds. The van der Waals surface area contributed by atoms with Crippen LogP contribution in [0.25, 0.3) is 22.4 Å². The van der Waals surface area contributed by atoms with E-state index < -0.39 is 5.97 Å². The maximum Gasteiger partial charge on any atom is 0.127 e. The summed E-state index contributed by atoms with van der Waals surface area (Å²) >= 11 is 6.29. The SMILES string of the molecule is O=C([O-])c1cccc(-c2ccccc2-c2cc(Cl)ccc2OCC2=CCCC2)n1. The van der Waals surface area contributed by atoms with Crippen LogP contribution >= 0.6 is 11.6 Å². The number of carbonyl (C=O) groups excluding carboxylic acids is 1. The number of carboxylic acid groups (broad SMARTS) is 1. The van der Waals surface area contributed by atoms with Crippen LogP contribution < -0.4 is 9.84 Å². The molecule has 0 bridgehead atoms. The average Bonchev–Trinajstić information content (AvgIpc) is 3.26. The molecule has 2 aromatic carbocycles. The second kappa shape index (κ2) is 8.50. The van der Waals surface area contributed by atoms with E-state index >= 15 is 0 Å². The number of nitrogens with zero attached hydrogens (tertiary/aromatic N) is 1. The summed E-state index contributed by atoms with van der Waals surface area (Å²) in [6.45, 7) is 0.551. The largest absolute Gasteiger partial charge is 0.543 e. The second-order valence-corrected chi connectivity index (χ2v) is 7.36. The Labute approximate surface area is 174 Å². The summed E-state index contributed by atoms with van der Waals surface area (Å²) in [6.07, 6.45) is 5.59. The van der Waals surface area contributed by atoms with E-state index in [4.69, 9.17) is 16.3 Å². The van der Waals surface area contributed by atoms with Gasteiger partial charge in [-0.15, -0.1) is 0 Å². The Bertz CT molecular complexity index is 1090. The van der Waals surface area contributed by atoms with Crippen LogP contribution in [-0.2, 0) is 0 Å². The van der Waals surface area contributed by atoms with Gasteiger partial charge < -0.3 is 14.6 Å². The summed E-state index contributed by atoms with van der Waals surface area (Å²) in [7, 11) is 0. The molecule has 0 atom stereocenters. The first-order valence-electron chi connectivity index (χ1n) is 9.50. The van der Waals surface area contributed by atoms with Gasteiger partial charge in [-0.25, -0.2) is 4.98 Å². The Balaban J connectivity index is 1.76. The molecule has 3 aromatic rings. The summed E-state index contributed by atoms with van der Waals surface area (Å²) in [5.41, 5.74) is 4.26. The summed E-state index contributed by atoms with van der Waals surface area (Å²) in [5.74, 6) is -0.577. The Morgan fingerprint density at radius 1 is 1.03 bits per heavy atom. The number of pyridine rings is 1. The van der Waals surface area contributed by atoms with Gasteiger partial charge in [-0.1, -0.05) is 48.0 Å². The fourth-order valence-electron chi connectivity index (χ4n) is 3.52. The molecule has 5 heteroatoms. The van der Waals surface area contributed by atoms with E-state index in [1.54, 1.807) is 18.2 Å². The topological polar surface area (TPSA) is 62.2 Å². The molecule has 0 radical (unpaired) electrons. The quantitative estimate of drug-likeness (QED) is 0.547. The van der Waals surface area contributed by atoms with E-state index in [1.165, 1.54) is 18.1 Å². The summed E-state index contributed by atoms with van der Waals surface area (Å²) < 4.78 is 6.13. The van der Waals surface area contributed by atoms with Crippen molar-refractivity contribution in [2.75, 3.05) is 6.61 Å². The van der Waals surface area contributed by atoms with Gasteiger partial charge >= 0.3 is 0 Å². The lowest BCUT2D eigenvalue weighted by molar-refractivity contribution is -0.255. The molecule has 29 heavy (non-hydrogen) atoms. The fraction of sp³-hybridized carbons (Fsp3) is 0.167. The van der Waals surface area contributed by atoms with Crippen LogP contribution in [0.5, 0.6) is 5.75 Å². The first-order chi connectivity index (χ1) is 14.1. The van der Waals surface area contributed by atoms with Crippen molar-refractivity contribution in [3.63, 3.8) is 0 Å². The standard InChI is InChI=1S/C24H20ClNO3/c25-17-12-13-23(29-15-16-6-1-2-7-16)20(14-17)18-8-3-4-9-19(18)21-10-5-11-22(26-21)24(27)28/h3-6,8-14H,1-2,7,15H2,(H,27,28)/p-1. The molecular formula is C24H19ClNO3-.